The highest BCUT2D eigenvalue weighted by atomic mass is 15.2. The monoisotopic (exact) mass is 206 g/mol. The summed E-state index contributed by atoms with van der Waals surface area (Å²) in [6.45, 7) is 2.70. The lowest BCUT2D eigenvalue weighted by molar-refractivity contribution is 0.655. The van der Waals surface area contributed by atoms with Gasteiger partial charge in [-0.2, -0.15) is 0 Å². The van der Waals surface area contributed by atoms with E-state index < -0.39 is 0 Å². The third kappa shape index (κ3) is 1.98. The smallest absolute Gasteiger partial charge is 0.200 e. The van der Waals surface area contributed by atoms with Crippen LogP contribution in [0.1, 0.15) is 11.5 Å². The average Bonchev–Trinajstić information content (AvgIpc) is 2.70. The van der Waals surface area contributed by atoms with E-state index in [1.807, 2.05) is 29.3 Å². The second-order valence-corrected chi connectivity index (χ2v) is 3.54. The van der Waals surface area contributed by atoms with Crippen LogP contribution in [0.3, 0.4) is 0 Å². The van der Waals surface area contributed by atoms with Gasteiger partial charge >= 0.3 is 0 Å². The van der Waals surface area contributed by atoms with Crippen LogP contribution >= 0.6 is 0 Å². The molecule has 0 aliphatic carbocycles. The molecule has 0 amide bonds. The minimum absolute atomic E-state index is 0.551. The number of imidazole rings is 1. The van der Waals surface area contributed by atoms with Crippen molar-refractivity contribution in [2.24, 2.45) is 7.05 Å². The molecular formula is C9H14N6. The van der Waals surface area contributed by atoms with Gasteiger partial charge in [0.05, 0.1) is 5.69 Å². The quantitative estimate of drug-likeness (QED) is 0.775. The predicted molar refractivity (Wildman–Crippen MR) is 56.1 cm³/mol. The molecule has 6 heteroatoms. The van der Waals surface area contributed by atoms with Gasteiger partial charge in [0.25, 0.3) is 0 Å². The van der Waals surface area contributed by atoms with Crippen LogP contribution in [-0.4, -0.2) is 24.3 Å². The third-order valence-electron chi connectivity index (χ3n) is 2.31. The number of nitrogen functional groups attached to an aromatic ring is 1. The summed E-state index contributed by atoms with van der Waals surface area (Å²) in [4.78, 5) is 4.13. The number of hydrogen-bond donors (Lipinski definition) is 1. The predicted octanol–water partition coefficient (Wildman–Crippen LogP) is 0.145. The van der Waals surface area contributed by atoms with Crippen molar-refractivity contribution in [1.29, 1.82) is 0 Å². The molecule has 0 saturated carbocycles. The molecule has 2 rings (SSSR count). The first kappa shape index (κ1) is 9.70. The number of aromatic nitrogens is 5. The molecule has 80 valence electrons. The van der Waals surface area contributed by atoms with Crippen molar-refractivity contribution >= 4 is 5.95 Å². The molecule has 2 N–H and O–H groups in total. The van der Waals surface area contributed by atoms with Crippen molar-refractivity contribution in [1.82, 2.24) is 24.3 Å². The van der Waals surface area contributed by atoms with Gasteiger partial charge in [0, 0.05) is 26.2 Å². The second kappa shape index (κ2) is 3.72. The minimum Gasteiger partial charge on any atom is -0.369 e. The van der Waals surface area contributed by atoms with Crippen molar-refractivity contribution in [3.63, 3.8) is 0 Å². The maximum atomic E-state index is 5.73. The largest absolute Gasteiger partial charge is 0.369 e. The Morgan fingerprint density at radius 3 is 2.80 bits per heavy atom. The summed E-state index contributed by atoms with van der Waals surface area (Å²) >= 11 is 0. The second-order valence-electron chi connectivity index (χ2n) is 3.54. The van der Waals surface area contributed by atoms with Gasteiger partial charge in [0.2, 0.25) is 0 Å². The Morgan fingerprint density at radius 2 is 2.27 bits per heavy atom. The molecule has 0 radical (unpaired) electrons. The van der Waals surface area contributed by atoms with Crippen LogP contribution in [0.25, 0.3) is 0 Å². The Morgan fingerprint density at radius 1 is 1.47 bits per heavy atom. The fourth-order valence-electron chi connectivity index (χ4n) is 1.50. The van der Waals surface area contributed by atoms with E-state index in [2.05, 4.69) is 15.2 Å². The van der Waals surface area contributed by atoms with E-state index in [1.165, 1.54) is 0 Å². The van der Waals surface area contributed by atoms with Crippen LogP contribution < -0.4 is 5.73 Å². The number of hydrogen-bond acceptors (Lipinski definition) is 4. The maximum absolute atomic E-state index is 5.73. The molecular weight excluding hydrogens is 192 g/mol. The zero-order valence-electron chi connectivity index (χ0n) is 8.88. The standard InChI is InChI=1S/C9H14N6/c1-7-5-15(9(10)12-7)4-3-8-13-11-6-14(8)2/h5-6H,3-4H2,1-2H3,(H2,10,12). The summed E-state index contributed by atoms with van der Waals surface area (Å²) in [5.41, 5.74) is 6.66. The van der Waals surface area contributed by atoms with E-state index in [9.17, 15) is 0 Å². The lowest BCUT2D eigenvalue weighted by Gasteiger charge is -2.03. The molecule has 0 aromatic carbocycles. The van der Waals surface area contributed by atoms with Gasteiger partial charge in [-0.25, -0.2) is 4.98 Å². The molecule has 6 nitrogen and oxygen atoms in total. The van der Waals surface area contributed by atoms with Crippen LogP contribution in [0.4, 0.5) is 5.95 Å². The van der Waals surface area contributed by atoms with Crippen LogP contribution in [0.15, 0.2) is 12.5 Å². The number of anilines is 1. The van der Waals surface area contributed by atoms with Crippen molar-refractivity contribution < 1.29 is 0 Å². The lowest BCUT2D eigenvalue weighted by Crippen LogP contribution is -2.07. The number of rotatable bonds is 3. The molecule has 15 heavy (non-hydrogen) atoms. The Labute approximate surface area is 87.8 Å². The molecule has 0 saturated heterocycles. The van der Waals surface area contributed by atoms with Crippen LogP contribution in [0.2, 0.25) is 0 Å². The number of aryl methyl sites for hydroxylation is 4. The summed E-state index contributed by atoms with van der Waals surface area (Å²) in [7, 11) is 1.93. The fourth-order valence-corrected chi connectivity index (χ4v) is 1.50. The van der Waals surface area contributed by atoms with Gasteiger partial charge in [0.15, 0.2) is 5.95 Å². The highest BCUT2D eigenvalue weighted by Gasteiger charge is 2.04. The maximum Gasteiger partial charge on any atom is 0.200 e. The topological polar surface area (TPSA) is 74.5 Å². The van der Waals surface area contributed by atoms with E-state index in [4.69, 9.17) is 5.73 Å². The Bertz CT molecular complexity index is 455. The minimum atomic E-state index is 0.551. The van der Waals surface area contributed by atoms with E-state index in [0.717, 1.165) is 24.5 Å². The first-order valence-electron chi connectivity index (χ1n) is 4.79. The summed E-state index contributed by atoms with van der Waals surface area (Å²) in [6, 6.07) is 0. The van der Waals surface area contributed by atoms with Crippen molar-refractivity contribution in [3.8, 4) is 0 Å². The zero-order valence-corrected chi connectivity index (χ0v) is 8.88. The van der Waals surface area contributed by atoms with Crippen LogP contribution in [0.5, 0.6) is 0 Å². The van der Waals surface area contributed by atoms with E-state index in [0.29, 0.717) is 5.95 Å². The van der Waals surface area contributed by atoms with Crippen LogP contribution in [-0.2, 0) is 20.0 Å². The lowest BCUT2D eigenvalue weighted by atomic mass is 10.4. The summed E-state index contributed by atoms with van der Waals surface area (Å²) < 4.78 is 3.82. The normalized spacial score (nSPS) is 10.8. The van der Waals surface area contributed by atoms with Crippen molar-refractivity contribution in [2.75, 3.05) is 5.73 Å². The Kier molecular flexibility index (Phi) is 2.40. The molecule has 0 atom stereocenters. The SMILES string of the molecule is Cc1cn(CCc2nncn2C)c(N)n1. The van der Waals surface area contributed by atoms with Gasteiger partial charge in [-0.3, -0.25) is 0 Å². The summed E-state index contributed by atoms with van der Waals surface area (Å²) in [5.74, 6) is 1.50. The molecule has 0 aliphatic heterocycles. The van der Waals surface area contributed by atoms with Gasteiger partial charge in [-0.15, -0.1) is 10.2 Å². The first-order valence-corrected chi connectivity index (χ1v) is 4.79. The van der Waals surface area contributed by atoms with E-state index >= 15 is 0 Å². The molecule has 0 bridgehead atoms. The van der Waals surface area contributed by atoms with Crippen molar-refractivity contribution in [3.05, 3.63) is 24.0 Å². The third-order valence-corrected chi connectivity index (χ3v) is 2.31. The zero-order chi connectivity index (χ0) is 10.8. The van der Waals surface area contributed by atoms with E-state index in [-0.39, 0.29) is 0 Å². The van der Waals surface area contributed by atoms with Crippen molar-refractivity contribution in [2.45, 2.75) is 19.9 Å². The molecule has 2 heterocycles. The highest BCUT2D eigenvalue weighted by molar-refractivity contribution is 5.21. The number of nitrogens with two attached hydrogens (primary N) is 1. The number of nitrogens with zero attached hydrogens (tertiary/aromatic N) is 5. The molecule has 0 aliphatic rings. The average molecular weight is 206 g/mol. The molecule has 0 unspecified atom stereocenters. The van der Waals surface area contributed by atoms with Gasteiger partial charge in [-0.05, 0) is 6.92 Å². The van der Waals surface area contributed by atoms with Gasteiger partial charge < -0.3 is 14.9 Å². The van der Waals surface area contributed by atoms with Gasteiger partial charge in [-0.1, -0.05) is 0 Å². The summed E-state index contributed by atoms with van der Waals surface area (Å²) in [5, 5.41) is 7.82. The molecule has 0 spiro atoms. The van der Waals surface area contributed by atoms with Gasteiger partial charge in [0.1, 0.15) is 12.2 Å². The Hall–Kier alpha value is -1.85. The highest BCUT2D eigenvalue weighted by Crippen LogP contribution is 2.05. The molecule has 0 fully saturated rings. The molecule has 2 aromatic rings. The summed E-state index contributed by atoms with van der Waals surface area (Å²) in [6.07, 6.45) is 4.43. The fraction of sp³-hybridized carbons (Fsp3) is 0.444. The molecule has 2 aromatic heterocycles. The Balaban J connectivity index is 2.05. The first-order chi connectivity index (χ1) is 7.16. The van der Waals surface area contributed by atoms with E-state index in [1.54, 1.807) is 6.33 Å². The van der Waals surface area contributed by atoms with Crippen LogP contribution in [0, 0.1) is 6.92 Å².